The quantitative estimate of drug-likeness (QED) is 0.882. The van der Waals surface area contributed by atoms with Crippen LogP contribution in [0, 0.1) is 5.82 Å². The predicted molar refractivity (Wildman–Crippen MR) is 79.2 cm³/mol. The van der Waals surface area contributed by atoms with E-state index in [1.165, 1.54) is 12.1 Å². The zero-order valence-electron chi connectivity index (χ0n) is 10.3. The molecule has 3 N–H and O–H groups in total. The Hall–Kier alpha value is -1.44. The van der Waals surface area contributed by atoms with Crippen molar-refractivity contribution in [1.29, 1.82) is 0 Å². The smallest absolute Gasteiger partial charge is 0.264 e. The van der Waals surface area contributed by atoms with Gasteiger partial charge in [-0.1, -0.05) is 34.1 Å². The maximum atomic E-state index is 13.8. The molecule has 0 radical (unpaired) electrons. The van der Waals surface area contributed by atoms with Crippen molar-refractivity contribution in [2.75, 3.05) is 4.72 Å². The lowest BCUT2D eigenvalue weighted by Crippen LogP contribution is -2.16. The first-order valence-corrected chi connectivity index (χ1v) is 7.97. The van der Waals surface area contributed by atoms with Gasteiger partial charge in [0.05, 0.1) is 5.69 Å². The van der Waals surface area contributed by atoms with Crippen molar-refractivity contribution in [3.8, 4) is 0 Å². The number of anilines is 1. The van der Waals surface area contributed by atoms with E-state index in [4.69, 9.17) is 5.73 Å². The van der Waals surface area contributed by atoms with Crippen LogP contribution in [0.5, 0.6) is 0 Å². The molecule has 0 aliphatic rings. The summed E-state index contributed by atoms with van der Waals surface area (Å²) in [4.78, 5) is -0.410. The van der Waals surface area contributed by atoms with Crippen LogP contribution in [0.25, 0.3) is 0 Å². The van der Waals surface area contributed by atoms with Crippen molar-refractivity contribution >= 4 is 31.6 Å². The normalized spacial score (nSPS) is 11.3. The summed E-state index contributed by atoms with van der Waals surface area (Å²) in [6.07, 6.45) is 0. The van der Waals surface area contributed by atoms with E-state index in [2.05, 4.69) is 20.7 Å². The van der Waals surface area contributed by atoms with E-state index in [0.29, 0.717) is 15.7 Å². The van der Waals surface area contributed by atoms with E-state index in [9.17, 15) is 12.8 Å². The van der Waals surface area contributed by atoms with Crippen LogP contribution < -0.4 is 10.5 Å². The monoisotopic (exact) mass is 358 g/mol. The molecule has 0 aliphatic heterocycles. The Labute approximate surface area is 125 Å². The van der Waals surface area contributed by atoms with Crippen LogP contribution in [0.2, 0.25) is 0 Å². The van der Waals surface area contributed by atoms with E-state index in [-0.39, 0.29) is 6.54 Å². The number of halogens is 2. The van der Waals surface area contributed by atoms with Gasteiger partial charge in [0.1, 0.15) is 10.7 Å². The Bertz CT molecular complexity index is 735. The molecule has 0 aromatic heterocycles. The maximum absolute atomic E-state index is 13.8. The van der Waals surface area contributed by atoms with Gasteiger partial charge in [0.2, 0.25) is 0 Å². The lowest BCUT2D eigenvalue weighted by molar-refractivity contribution is 0.570. The number of rotatable bonds is 4. The van der Waals surface area contributed by atoms with Crippen LogP contribution >= 0.6 is 15.9 Å². The van der Waals surface area contributed by atoms with Crippen LogP contribution in [-0.4, -0.2) is 8.42 Å². The van der Waals surface area contributed by atoms with Crippen LogP contribution in [0.1, 0.15) is 5.56 Å². The van der Waals surface area contributed by atoms with Crippen molar-refractivity contribution in [2.45, 2.75) is 11.4 Å². The largest absolute Gasteiger partial charge is 0.326 e. The number of hydrogen-bond acceptors (Lipinski definition) is 3. The second-order valence-corrected chi connectivity index (χ2v) is 6.61. The average molecular weight is 359 g/mol. The van der Waals surface area contributed by atoms with Gasteiger partial charge in [0.15, 0.2) is 0 Å². The Morgan fingerprint density at radius 3 is 2.55 bits per heavy atom. The number of hydrogen-bond donors (Lipinski definition) is 2. The standard InChI is InChI=1S/C13H12BrFN2O2S/c14-10-5-6-13(11(15)7-10)20(18,19)17-12-4-2-1-3-9(12)8-16/h1-7,17H,8,16H2. The minimum atomic E-state index is -3.99. The highest BCUT2D eigenvalue weighted by Crippen LogP contribution is 2.23. The van der Waals surface area contributed by atoms with Gasteiger partial charge in [-0.05, 0) is 29.8 Å². The molecule has 0 unspecified atom stereocenters. The molecule has 0 amide bonds. The molecule has 20 heavy (non-hydrogen) atoms. The van der Waals surface area contributed by atoms with Crippen molar-refractivity contribution in [2.24, 2.45) is 5.73 Å². The number of sulfonamides is 1. The molecule has 4 nitrogen and oxygen atoms in total. The number of nitrogens with one attached hydrogen (secondary N) is 1. The molecule has 0 aliphatic carbocycles. The zero-order valence-corrected chi connectivity index (χ0v) is 12.7. The van der Waals surface area contributed by atoms with Gasteiger partial charge in [0.25, 0.3) is 10.0 Å². The summed E-state index contributed by atoms with van der Waals surface area (Å²) >= 11 is 3.08. The molecule has 2 aromatic rings. The molecule has 0 heterocycles. The Kier molecular flexibility index (Phi) is 4.42. The summed E-state index contributed by atoms with van der Waals surface area (Å²) in [6, 6.07) is 10.5. The van der Waals surface area contributed by atoms with Gasteiger partial charge in [-0.2, -0.15) is 0 Å². The fourth-order valence-electron chi connectivity index (χ4n) is 1.69. The molecule has 2 rings (SSSR count). The van der Waals surface area contributed by atoms with Gasteiger partial charge in [-0.3, -0.25) is 4.72 Å². The summed E-state index contributed by atoms with van der Waals surface area (Å²) < 4.78 is 41.0. The van der Waals surface area contributed by atoms with E-state index in [0.717, 1.165) is 6.07 Å². The molecule has 0 spiro atoms. The summed E-state index contributed by atoms with van der Waals surface area (Å²) in [5.41, 5.74) is 6.52. The highest BCUT2D eigenvalue weighted by molar-refractivity contribution is 9.10. The first kappa shape index (κ1) is 15.0. The van der Waals surface area contributed by atoms with Gasteiger partial charge >= 0.3 is 0 Å². The van der Waals surface area contributed by atoms with E-state index in [1.54, 1.807) is 24.3 Å². The minimum Gasteiger partial charge on any atom is -0.326 e. The van der Waals surface area contributed by atoms with Crippen molar-refractivity contribution in [3.63, 3.8) is 0 Å². The van der Waals surface area contributed by atoms with Gasteiger partial charge < -0.3 is 5.73 Å². The second kappa shape index (κ2) is 5.90. The van der Waals surface area contributed by atoms with Gasteiger partial charge in [-0.15, -0.1) is 0 Å². The summed E-state index contributed by atoms with van der Waals surface area (Å²) in [7, 11) is -3.99. The summed E-state index contributed by atoms with van der Waals surface area (Å²) in [6.45, 7) is 0.182. The third-order valence-electron chi connectivity index (χ3n) is 2.67. The average Bonchev–Trinajstić information content (AvgIpc) is 2.38. The lowest BCUT2D eigenvalue weighted by atomic mass is 10.2. The third-order valence-corrected chi connectivity index (χ3v) is 4.56. The van der Waals surface area contributed by atoms with Crippen LogP contribution in [-0.2, 0) is 16.6 Å². The predicted octanol–water partition coefficient (Wildman–Crippen LogP) is 2.85. The van der Waals surface area contributed by atoms with Crippen molar-refractivity contribution < 1.29 is 12.8 Å². The van der Waals surface area contributed by atoms with Crippen LogP contribution in [0.15, 0.2) is 51.8 Å². The molecule has 0 atom stereocenters. The van der Waals surface area contributed by atoms with E-state index in [1.807, 2.05) is 0 Å². The maximum Gasteiger partial charge on any atom is 0.264 e. The fraction of sp³-hybridized carbons (Fsp3) is 0.0769. The first-order valence-electron chi connectivity index (χ1n) is 5.70. The minimum absolute atomic E-state index is 0.182. The molecule has 2 aromatic carbocycles. The highest BCUT2D eigenvalue weighted by Gasteiger charge is 2.20. The number of benzene rings is 2. The van der Waals surface area contributed by atoms with Gasteiger partial charge in [-0.25, -0.2) is 12.8 Å². The lowest BCUT2D eigenvalue weighted by Gasteiger charge is -2.12. The molecule has 0 fully saturated rings. The molecule has 106 valence electrons. The van der Waals surface area contributed by atoms with Crippen molar-refractivity contribution in [3.05, 3.63) is 58.3 Å². The first-order chi connectivity index (χ1) is 9.44. The second-order valence-electron chi connectivity index (χ2n) is 4.04. The SMILES string of the molecule is NCc1ccccc1NS(=O)(=O)c1ccc(Br)cc1F. The molecule has 0 saturated heterocycles. The molecule has 7 heteroatoms. The van der Waals surface area contributed by atoms with E-state index < -0.39 is 20.7 Å². The zero-order chi connectivity index (χ0) is 14.8. The highest BCUT2D eigenvalue weighted by atomic mass is 79.9. The topological polar surface area (TPSA) is 72.2 Å². The number of nitrogens with two attached hydrogens (primary N) is 1. The summed E-state index contributed by atoms with van der Waals surface area (Å²) in [5.74, 6) is -0.822. The third kappa shape index (κ3) is 3.17. The van der Waals surface area contributed by atoms with Crippen LogP contribution in [0.3, 0.4) is 0 Å². The van der Waals surface area contributed by atoms with E-state index >= 15 is 0 Å². The summed E-state index contributed by atoms with van der Waals surface area (Å²) in [5, 5.41) is 0. The number of para-hydroxylation sites is 1. The molecular formula is C13H12BrFN2O2S. The Morgan fingerprint density at radius 2 is 1.90 bits per heavy atom. The van der Waals surface area contributed by atoms with Crippen molar-refractivity contribution in [1.82, 2.24) is 0 Å². The molecule has 0 saturated carbocycles. The molecule has 0 bridgehead atoms. The Balaban J connectivity index is 2.41. The van der Waals surface area contributed by atoms with Gasteiger partial charge in [0, 0.05) is 11.0 Å². The Morgan fingerprint density at radius 1 is 1.20 bits per heavy atom. The fourth-order valence-corrected chi connectivity index (χ4v) is 3.19. The van der Waals surface area contributed by atoms with Crippen LogP contribution in [0.4, 0.5) is 10.1 Å². The molecular weight excluding hydrogens is 347 g/mol.